The molecule has 1 rings (SSSR count). The molecule has 18 heavy (non-hydrogen) atoms. The van der Waals surface area contributed by atoms with Gasteiger partial charge in [-0.1, -0.05) is 6.07 Å². The summed E-state index contributed by atoms with van der Waals surface area (Å²) in [6.45, 7) is 0. The van der Waals surface area contributed by atoms with E-state index in [1.165, 1.54) is 11.1 Å². The summed E-state index contributed by atoms with van der Waals surface area (Å²) in [5, 5.41) is 13.3. The number of nitrogens with zero attached hydrogens (tertiary/aromatic N) is 3. The zero-order valence-corrected chi connectivity index (χ0v) is 10.1. The normalized spacial score (nSPS) is 12.7. The highest BCUT2D eigenvalue weighted by Crippen LogP contribution is 2.11. The maximum atomic E-state index is 11.0. The third-order valence-corrected chi connectivity index (χ3v) is 2.19. The minimum Gasteiger partial charge on any atom is -0.359 e. The molecule has 0 aliphatic rings. The van der Waals surface area contributed by atoms with Gasteiger partial charge in [0.15, 0.2) is 5.82 Å². The summed E-state index contributed by atoms with van der Waals surface area (Å²) in [4.78, 5) is 26.4. The minimum atomic E-state index is -0.674. The Balaban J connectivity index is 2.91. The lowest BCUT2D eigenvalue weighted by Crippen LogP contribution is -2.30. The number of pyridine rings is 1. The van der Waals surface area contributed by atoms with Gasteiger partial charge in [0.1, 0.15) is 12.3 Å². The molecule has 7 nitrogen and oxygen atoms in total. The molecule has 1 aromatic rings. The standard InChI is InChI=1S/C11H14N4O3/c1-14(2)11(7-15(17)18)13-10(8-16)9-4-3-5-12-6-9/h3-8,10,13H,1-2H3/b11-7-. The molecule has 0 saturated carbocycles. The van der Waals surface area contributed by atoms with Crippen LogP contribution in [0.5, 0.6) is 0 Å². The number of carbonyl (C=O) groups is 1. The van der Waals surface area contributed by atoms with Crippen molar-refractivity contribution in [2.75, 3.05) is 14.1 Å². The lowest BCUT2D eigenvalue weighted by Gasteiger charge is -2.20. The van der Waals surface area contributed by atoms with E-state index in [1.807, 2.05) is 0 Å². The summed E-state index contributed by atoms with van der Waals surface area (Å²) in [7, 11) is 3.29. The highest BCUT2D eigenvalue weighted by molar-refractivity contribution is 5.61. The molecule has 1 heterocycles. The van der Waals surface area contributed by atoms with E-state index < -0.39 is 11.0 Å². The van der Waals surface area contributed by atoms with Crippen LogP contribution >= 0.6 is 0 Å². The molecule has 1 atom stereocenters. The summed E-state index contributed by atoms with van der Waals surface area (Å²) in [6.07, 6.45) is 4.61. The van der Waals surface area contributed by atoms with E-state index in [9.17, 15) is 14.9 Å². The zero-order chi connectivity index (χ0) is 13.5. The zero-order valence-electron chi connectivity index (χ0n) is 10.1. The van der Waals surface area contributed by atoms with Crippen molar-refractivity contribution in [2.45, 2.75) is 6.04 Å². The molecule has 1 aromatic heterocycles. The van der Waals surface area contributed by atoms with Gasteiger partial charge in [-0.15, -0.1) is 0 Å². The fraction of sp³-hybridized carbons (Fsp3) is 0.273. The topological polar surface area (TPSA) is 88.4 Å². The summed E-state index contributed by atoms with van der Waals surface area (Å²) in [5.41, 5.74) is 0.642. The molecular weight excluding hydrogens is 236 g/mol. The van der Waals surface area contributed by atoms with Gasteiger partial charge in [0.25, 0.3) is 6.20 Å². The van der Waals surface area contributed by atoms with Crippen LogP contribution in [0.1, 0.15) is 11.6 Å². The van der Waals surface area contributed by atoms with Crippen LogP contribution in [0.3, 0.4) is 0 Å². The van der Waals surface area contributed by atoms with Crippen molar-refractivity contribution in [1.82, 2.24) is 15.2 Å². The van der Waals surface area contributed by atoms with Gasteiger partial charge in [-0.2, -0.15) is 0 Å². The van der Waals surface area contributed by atoms with E-state index in [1.54, 1.807) is 32.4 Å². The van der Waals surface area contributed by atoms with Crippen LogP contribution in [0.15, 0.2) is 36.5 Å². The first-order chi connectivity index (χ1) is 8.54. The van der Waals surface area contributed by atoms with Gasteiger partial charge < -0.3 is 15.0 Å². The number of carbonyl (C=O) groups excluding carboxylic acids is 1. The molecule has 0 saturated heterocycles. The minimum absolute atomic E-state index is 0.237. The molecule has 0 aliphatic heterocycles. The van der Waals surface area contributed by atoms with Crippen molar-refractivity contribution >= 4 is 6.29 Å². The Bertz CT molecular complexity index is 445. The third-order valence-electron chi connectivity index (χ3n) is 2.19. The highest BCUT2D eigenvalue weighted by atomic mass is 16.6. The third kappa shape index (κ3) is 3.85. The van der Waals surface area contributed by atoms with Gasteiger partial charge in [-0.3, -0.25) is 15.1 Å². The number of nitrogens with one attached hydrogen (secondary N) is 1. The monoisotopic (exact) mass is 250 g/mol. The first-order valence-corrected chi connectivity index (χ1v) is 5.19. The van der Waals surface area contributed by atoms with E-state index in [2.05, 4.69) is 10.3 Å². The molecule has 0 aromatic carbocycles. The van der Waals surface area contributed by atoms with Crippen molar-refractivity contribution in [2.24, 2.45) is 0 Å². The quantitative estimate of drug-likeness (QED) is 0.450. The van der Waals surface area contributed by atoms with Crippen molar-refractivity contribution < 1.29 is 9.72 Å². The fourth-order valence-corrected chi connectivity index (χ4v) is 1.30. The molecule has 0 aliphatic carbocycles. The maximum absolute atomic E-state index is 11.0. The second-order valence-corrected chi connectivity index (χ2v) is 3.74. The van der Waals surface area contributed by atoms with Crippen LogP contribution in [0.2, 0.25) is 0 Å². The molecular formula is C11H14N4O3. The van der Waals surface area contributed by atoms with Crippen LogP contribution in [0, 0.1) is 10.1 Å². The Kier molecular flexibility index (Phi) is 4.79. The Morgan fingerprint density at radius 3 is 2.78 bits per heavy atom. The molecule has 0 bridgehead atoms. The van der Waals surface area contributed by atoms with Crippen molar-refractivity contribution in [3.63, 3.8) is 0 Å². The first-order valence-electron chi connectivity index (χ1n) is 5.19. The molecule has 7 heteroatoms. The fourth-order valence-electron chi connectivity index (χ4n) is 1.30. The van der Waals surface area contributed by atoms with Crippen LogP contribution < -0.4 is 5.32 Å². The molecule has 1 unspecified atom stereocenters. The maximum Gasteiger partial charge on any atom is 0.274 e. The predicted octanol–water partition coefficient (Wildman–Crippen LogP) is 0.548. The Labute approximate surface area is 104 Å². The van der Waals surface area contributed by atoms with Crippen LogP contribution in [0.4, 0.5) is 0 Å². The van der Waals surface area contributed by atoms with E-state index in [0.29, 0.717) is 11.8 Å². The van der Waals surface area contributed by atoms with E-state index in [4.69, 9.17) is 0 Å². The molecule has 0 fully saturated rings. The van der Waals surface area contributed by atoms with Crippen molar-refractivity contribution in [3.05, 3.63) is 52.2 Å². The lowest BCUT2D eigenvalue weighted by atomic mass is 10.1. The van der Waals surface area contributed by atoms with Gasteiger partial charge in [0.2, 0.25) is 0 Å². The Hall–Kier alpha value is -2.44. The summed E-state index contributed by atoms with van der Waals surface area (Å²) >= 11 is 0. The SMILES string of the molecule is CN(C)/C(=C\[N+](=O)[O-])NC(C=O)c1cccnc1. The molecule has 1 N–H and O–H groups in total. The van der Waals surface area contributed by atoms with Crippen LogP contribution in [-0.2, 0) is 4.79 Å². The average molecular weight is 250 g/mol. The van der Waals surface area contributed by atoms with Gasteiger partial charge in [-0.25, -0.2) is 0 Å². The van der Waals surface area contributed by atoms with E-state index >= 15 is 0 Å². The number of aldehydes is 1. The Morgan fingerprint density at radius 1 is 1.61 bits per heavy atom. The number of hydrogen-bond donors (Lipinski definition) is 1. The molecule has 0 spiro atoms. The highest BCUT2D eigenvalue weighted by Gasteiger charge is 2.14. The van der Waals surface area contributed by atoms with Gasteiger partial charge in [-0.05, 0) is 11.6 Å². The second kappa shape index (κ2) is 6.33. The van der Waals surface area contributed by atoms with Gasteiger partial charge in [0, 0.05) is 26.5 Å². The first kappa shape index (κ1) is 13.6. The van der Waals surface area contributed by atoms with E-state index in [0.717, 1.165) is 6.20 Å². The van der Waals surface area contributed by atoms with E-state index in [-0.39, 0.29) is 5.82 Å². The number of rotatable bonds is 6. The molecule has 96 valence electrons. The average Bonchev–Trinajstić information content (AvgIpc) is 2.34. The summed E-state index contributed by atoms with van der Waals surface area (Å²) in [6, 6.07) is 2.74. The smallest absolute Gasteiger partial charge is 0.274 e. The summed E-state index contributed by atoms with van der Waals surface area (Å²) < 4.78 is 0. The largest absolute Gasteiger partial charge is 0.359 e. The number of aromatic nitrogens is 1. The number of nitro groups is 1. The Morgan fingerprint density at radius 2 is 2.33 bits per heavy atom. The molecule has 0 amide bonds. The van der Waals surface area contributed by atoms with Crippen LogP contribution in [0.25, 0.3) is 0 Å². The van der Waals surface area contributed by atoms with Gasteiger partial charge >= 0.3 is 0 Å². The summed E-state index contributed by atoms with van der Waals surface area (Å²) in [5.74, 6) is 0.237. The number of hydrogen-bond acceptors (Lipinski definition) is 6. The predicted molar refractivity (Wildman–Crippen MR) is 64.9 cm³/mol. The van der Waals surface area contributed by atoms with Gasteiger partial charge in [0.05, 0.1) is 4.92 Å². The second-order valence-electron chi connectivity index (χ2n) is 3.74. The lowest BCUT2D eigenvalue weighted by molar-refractivity contribution is -0.404. The molecule has 0 radical (unpaired) electrons. The van der Waals surface area contributed by atoms with Crippen molar-refractivity contribution in [1.29, 1.82) is 0 Å². The van der Waals surface area contributed by atoms with Crippen LogP contribution in [-0.4, -0.2) is 35.2 Å². The van der Waals surface area contributed by atoms with Crippen molar-refractivity contribution in [3.8, 4) is 0 Å².